The highest BCUT2D eigenvalue weighted by molar-refractivity contribution is 5.91. The van der Waals surface area contributed by atoms with Crippen molar-refractivity contribution >= 4 is 5.78 Å². The Balaban J connectivity index is 1.55. The van der Waals surface area contributed by atoms with Crippen LogP contribution >= 0.6 is 0 Å². The van der Waals surface area contributed by atoms with E-state index in [1.807, 2.05) is 6.08 Å². The highest BCUT2D eigenvalue weighted by Gasteiger charge is 2.69. The fraction of sp³-hybridized carbons (Fsp3) is 0.700. The molecule has 2 nitrogen and oxygen atoms in total. The second kappa shape index (κ2) is 4.13. The Morgan fingerprint density at radius 1 is 1.27 bits per heavy atom. The first-order valence-electron chi connectivity index (χ1n) is 8.96. The lowest BCUT2D eigenvalue weighted by Crippen LogP contribution is -2.46. The highest BCUT2D eigenvalue weighted by Crippen LogP contribution is 2.73. The van der Waals surface area contributed by atoms with Crippen LogP contribution in [0.25, 0.3) is 0 Å². The first-order chi connectivity index (χ1) is 10.6. The fourth-order valence-electron chi connectivity index (χ4n) is 6.86. The zero-order chi connectivity index (χ0) is 15.1. The molecule has 0 saturated heterocycles. The predicted octanol–water partition coefficient (Wildman–Crippen LogP) is 3.90. The van der Waals surface area contributed by atoms with Crippen LogP contribution in [0.2, 0.25) is 0 Å². The predicted molar refractivity (Wildman–Crippen MR) is 83.5 cm³/mol. The van der Waals surface area contributed by atoms with Gasteiger partial charge in [-0.15, -0.1) is 0 Å². The first-order valence-corrected chi connectivity index (χ1v) is 8.96. The van der Waals surface area contributed by atoms with Gasteiger partial charge in [-0.05, 0) is 78.3 Å². The Morgan fingerprint density at radius 2 is 2.14 bits per heavy atom. The molecule has 0 radical (unpaired) electrons. The van der Waals surface area contributed by atoms with E-state index in [4.69, 9.17) is 0 Å². The number of carbonyl (C=O) groups excluding carboxylic acids is 1. The molecular weight excluding hydrogens is 270 g/mol. The van der Waals surface area contributed by atoms with Crippen LogP contribution in [0.1, 0.15) is 39.0 Å². The van der Waals surface area contributed by atoms with Crippen molar-refractivity contribution in [2.24, 2.45) is 46.8 Å². The molecule has 0 amide bonds. The van der Waals surface area contributed by atoms with Crippen molar-refractivity contribution in [1.29, 1.82) is 5.26 Å². The number of carbonyl (C=O) groups is 1. The smallest absolute Gasteiger partial charge is 0.155 e. The van der Waals surface area contributed by atoms with Gasteiger partial charge in [0.05, 0.1) is 12.0 Å². The molecule has 22 heavy (non-hydrogen) atoms. The van der Waals surface area contributed by atoms with Gasteiger partial charge in [0, 0.05) is 6.42 Å². The van der Waals surface area contributed by atoms with Crippen LogP contribution < -0.4 is 0 Å². The molecule has 0 aromatic carbocycles. The molecule has 0 aromatic heterocycles. The molecule has 114 valence electrons. The summed E-state index contributed by atoms with van der Waals surface area (Å²) in [5, 5.41) is 9.67. The maximum atomic E-state index is 11.7. The van der Waals surface area contributed by atoms with Crippen molar-refractivity contribution in [2.75, 3.05) is 0 Å². The minimum absolute atomic E-state index is 0.250. The van der Waals surface area contributed by atoms with E-state index < -0.39 is 0 Å². The zero-order valence-electron chi connectivity index (χ0n) is 13.2. The van der Waals surface area contributed by atoms with Gasteiger partial charge < -0.3 is 0 Å². The minimum atomic E-state index is 0.250. The van der Waals surface area contributed by atoms with Gasteiger partial charge in [0.2, 0.25) is 0 Å². The molecule has 3 fully saturated rings. The highest BCUT2D eigenvalue weighted by atomic mass is 16.1. The summed E-state index contributed by atoms with van der Waals surface area (Å²) in [7, 11) is 0. The molecule has 0 bridgehead atoms. The Morgan fingerprint density at radius 3 is 2.95 bits per heavy atom. The number of nitriles is 1. The Hall–Kier alpha value is -1.36. The number of hydrogen-bond donors (Lipinski definition) is 0. The largest absolute Gasteiger partial charge is 0.295 e. The zero-order valence-corrected chi connectivity index (χ0v) is 13.2. The minimum Gasteiger partial charge on any atom is -0.295 e. The molecule has 0 heterocycles. The summed E-state index contributed by atoms with van der Waals surface area (Å²) in [6.45, 7) is 2.40. The number of allylic oxidation sites excluding steroid dienone is 4. The first kappa shape index (κ1) is 13.1. The molecule has 3 saturated carbocycles. The summed E-state index contributed by atoms with van der Waals surface area (Å²) in [4.78, 5) is 11.7. The molecule has 0 aromatic rings. The van der Waals surface area contributed by atoms with Crippen LogP contribution in [0.15, 0.2) is 23.8 Å². The van der Waals surface area contributed by atoms with E-state index in [9.17, 15) is 10.1 Å². The van der Waals surface area contributed by atoms with Gasteiger partial charge in [-0.1, -0.05) is 19.1 Å². The molecule has 0 spiro atoms. The normalized spacial score (nSPS) is 54.5. The van der Waals surface area contributed by atoms with Gasteiger partial charge in [0.1, 0.15) is 0 Å². The van der Waals surface area contributed by atoms with E-state index in [0.717, 1.165) is 30.6 Å². The molecule has 0 aliphatic heterocycles. The average molecular weight is 293 g/mol. The van der Waals surface area contributed by atoms with Gasteiger partial charge >= 0.3 is 0 Å². The summed E-state index contributed by atoms with van der Waals surface area (Å²) >= 11 is 0. The lowest BCUT2D eigenvalue weighted by molar-refractivity contribution is -0.115. The summed E-state index contributed by atoms with van der Waals surface area (Å²) in [6, 6.07) is 2.67. The van der Waals surface area contributed by atoms with Crippen LogP contribution in [-0.2, 0) is 4.79 Å². The van der Waals surface area contributed by atoms with E-state index in [2.05, 4.69) is 25.1 Å². The van der Waals surface area contributed by atoms with Crippen LogP contribution in [0.4, 0.5) is 0 Å². The van der Waals surface area contributed by atoms with Crippen molar-refractivity contribution < 1.29 is 4.79 Å². The average Bonchev–Trinajstić information content (AvgIpc) is 3.21. The van der Waals surface area contributed by atoms with Crippen LogP contribution in [0.5, 0.6) is 0 Å². The van der Waals surface area contributed by atoms with Crippen LogP contribution in [0.3, 0.4) is 0 Å². The Labute approximate surface area is 132 Å². The Kier molecular flexibility index (Phi) is 2.46. The monoisotopic (exact) mass is 293 g/mol. The third-order valence-corrected chi connectivity index (χ3v) is 7.80. The summed E-state index contributed by atoms with van der Waals surface area (Å²) < 4.78 is 0. The summed E-state index contributed by atoms with van der Waals surface area (Å²) in [6.07, 6.45) is 12.1. The molecule has 8 atom stereocenters. The topological polar surface area (TPSA) is 40.9 Å². The van der Waals surface area contributed by atoms with Crippen LogP contribution in [0, 0.1) is 58.2 Å². The standard InChI is InChI=1S/C20H23NO/c1-20-7-6-14-13-5-3-12(22)8-11(13)2-4-15(14)19(20)17-9-16(17)18(20)10-21/h2,4,8,13-19H,3,5-7,9H2,1H3/t13-,14+,15+,16-,17+,18-,19+,20+/m0/s1. The molecule has 0 unspecified atom stereocenters. The summed E-state index contributed by atoms with van der Waals surface area (Å²) in [5.41, 5.74) is 1.54. The van der Waals surface area contributed by atoms with Crippen molar-refractivity contribution in [3.8, 4) is 6.07 Å². The maximum Gasteiger partial charge on any atom is 0.155 e. The van der Waals surface area contributed by atoms with E-state index >= 15 is 0 Å². The number of fused-ring (bicyclic) bond motifs is 7. The van der Waals surface area contributed by atoms with Crippen molar-refractivity contribution in [2.45, 2.75) is 39.0 Å². The molecular formula is C20H23NO. The quantitative estimate of drug-likeness (QED) is 0.679. The van der Waals surface area contributed by atoms with E-state index in [0.29, 0.717) is 29.5 Å². The van der Waals surface area contributed by atoms with E-state index in [1.54, 1.807) is 0 Å². The van der Waals surface area contributed by atoms with Gasteiger partial charge in [-0.2, -0.15) is 5.26 Å². The van der Waals surface area contributed by atoms with Gasteiger partial charge in [0.25, 0.3) is 0 Å². The molecule has 5 aliphatic rings. The van der Waals surface area contributed by atoms with Crippen molar-refractivity contribution in [1.82, 2.24) is 0 Å². The fourth-order valence-corrected chi connectivity index (χ4v) is 6.86. The van der Waals surface area contributed by atoms with E-state index in [-0.39, 0.29) is 5.41 Å². The van der Waals surface area contributed by atoms with Gasteiger partial charge in [-0.3, -0.25) is 4.79 Å². The van der Waals surface area contributed by atoms with Crippen molar-refractivity contribution in [3.05, 3.63) is 23.8 Å². The third-order valence-electron chi connectivity index (χ3n) is 7.80. The lowest BCUT2D eigenvalue weighted by Gasteiger charge is -2.52. The third kappa shape index (κ3) is 1.48. The number of ketones is 1. The Bertz CT molecular complexity index is 653. The lowest BCUT2D eigenvalue weighted by atomic mass is 9.51. The van der Waals surface area contributed by atoms with Gasteiger partial charge in [0.15, 0.2) is 5.78 Å². The second-order valence-corrected chi connectivity index (χ2v) is 8.60. The van der Waals surface area contributed by atoms with Crippen molar-refractivity contribution in [3.63, 3.8) is 0 Å². The van der Waals surface area contributed by atoms with Gasteiger partial charge in [-0.25, -0.2) is 0 Å². The molecule has 5 aliphatic carbocycles. The summed E-state index contributed by atoms with van der Waals surface area (Å²) in [5.74, 6) is 4.81. The number of rotatable bonds is 0. The maximum absolute atomic E-state index is 11.7. The number of hydrogen-bond acceptors (Lipinski definition) is 2. The van der Waals surface area contributed by atoms with E-state index in [1.165, 1.54) is 24.8 Å². The molecule has 0 N–H and O–H groups in total. The molecule has 5 rings (SSSR count). The molecule has 2 heteroatoms. The second-order valence-electron chi connectivity index (χ2n) is 8.60. The SMILES string of the molecule is C[C@]12CC[C@H]3[C@@H](C=CC4=CC(=O)CC[C@@H]43)[C@@H]1[C@@H]1C[C@@H]1[C@@H]2C#N. The number of nitrogens with zero attached hydrogens (tertiary/aromatic N) is 1. The van der Waals surface area contributed by atoms with Crippen LogP contribution in [-0.4, -0.2) is 5.78 Å².